The summed E-state index contributed by atoms with van der Waals surface area (Å²) in [6, 6.07) is 12.5. The van der Waals surface area contributed by atoms with Gasteiger partial charge in [-0.2, -0.15) is 0 Å². The van der Waals surface area contributed by atoms with Crippen molar-refractivity contribution in [3.63, 3.8) is 0 Å². The van der Waals surface area contributed by atoms with Crippen LogP contribution >= 0.6 is 0 Å². The van der Waals surface area contributed by atoms with Crippen LogP contribution in [0.1, 0.15) is 13.8 Å². The first kappa shape index (κ1) is 18.4. The molecule has 0 saturated carbocycles. The number of benzene rings is 2. The smallest absolute Gasteiger partial charge is 0.262 e. The van der Waals surface area contributed by atoms with Gasteiger partial charge < -0.3 is 24.3 Å². The predicted molar refractivity (Wildman–Crippen MR) is 95.9 cm³/mol. The normalized spacial score (nSPS) is 10.3. The third-order valence-electron chi connectivity index (χ3n) is 3.25. The molecule has 1 N–H and O–H groups in total. The van der Waals surface area contributed by atoms with Gasteiger partial charge in [0.15, 0.2) is 18.1 Å². The van der Waals surface area contributed by atoms with Gasteiger partial charge in [0, 0.05) is 0 Å². The van der Waals surface area contributed by atoms with E-state index in [9.17, 15) is 4.79 Å². The number of carbonyl (C=O) groups is 1. The molecule has 0 unspecified atom stereocenters. The van der Waals surface area contributed by atoms with Gasteiger partial charge in [-0.1, -0.05) is 18.2 Å². The van der Waals surface area contributed by atoms with Crippen molar-refractivity contribution in [2.24, 2.45) is 0 Å². The molecule has 0 aromatic heterocycles. The van der Waals surface area contributed by atoms with Crippen LogP contribution in [0.15, 0.2) is 42.5 Å². The van der Waals surface area contributed by atoms with Crippen LogP contribution in [0.25, 0.3) is 0 Å². The number of rotatable bonds is 8. The molecule has 0 radical (unpaired) electrons. The first-order valence-electron chi connectivity index (χ1n) is 7.94. The minimum Gasteiger partial charge on any atom is -0.493 e. The topological polar surface area (TPSA) is 66.0 Å². The Hall–Kier alpha value is -2.89. The summed E-state index contributed by atoms with van der Waals surface area (Å²) < 4.78 is 21.7. The molecule has 134 valence electrons. The fraction of sp³-hybridized carbons (Fsp3) is 0.316. The maximum absolute atomic E-state index is 12.2. The Balaban J connectivity index is 2.03. The van der Waals surface area contributed by atoms with E-state index >= 15 is 0 Å². The van der Waals surface area contributed by atoms with Gasteiger partial charge in [-0.25, -0.2) is 0 Å². The zero-order chi connectivity index (χ0) is 18.2. The summed E-state index contributed by atoms with van der Waals surface area (Å²) in [5, 5.41) is 2.79. The standard InChI is InChI=1S/C19H23NO5/c1-13(2)25-15-9-6-5-8-14(15)20-18(21)12-24-17-11-7-10-16(22-3)19(17)23-4/h5-11,13H,12H2,1-4H3,(H,20,21). The molecule has 0 bridgehead atoms. The lowest BCUT2D eigenvalue weighted by molar-refractivity contribution is -0.118. The van der Waals surface area contributed by atoms with Crippen molar-refractivity contribution < 1.29 is 23.7 Å². The van der Waals surface area contributed by atoms with Crippen molar-refractivity contribution in [1.29, 1.82) is 0 Å². The molecule has 0 saturated heterocycles. The highest BCUT2D eigenvalue weighted by molar-refractivity contribution is 5.93. The molecule has 0 atom stereocenters. The van der Waals surface area contributed by atoms with Crippen molar-refractivity contribution in [3.8, 4) is 23.0 Å². The molecule has 2 aromatic rings. The van der Waals surface area contributed by atoms with E-state index in [2.05, 4.69) is 5.32 Å². The molecule has 2 aromatic carbocycles. The second-order valence-electron chi connectivity index (χ2n) is 5.49. The zero-order valence-electron chi connectivity index (χ0n) is 14.9. The summed E-state index contributed by atoms with van der Waals surface area (Å²) in [4.78, 5) is 12.2. The number of amides is 1. The Kier molecular flexibility index (Phi) is 6.51. The maximum atomic E-state index is 12.2. The van der Waals surface area contributed by atoms with Crippen LogP contribution in [0.4, 0.5) is 5.69 Å². The molecule has 2 rings (SSSR count). The number of hydrogen-bond donors (Lipinski definition) is 1. The lowest BCUT2D eigenvalue weighted by Crippen LogP contribution is -2.21. The highest BCUT2D eigenvalue weighted by atomic mass is 16.5. The van der Waals surface area contributed by atoms with Crippen LogP contribution in [-0.2, 0) is 4.79 Å². The van der Waals surface area contributed by atoms with Crippen LogP contribution in [-0.4, -0.2) is 32.8 Å². The summed E-state index contributed by atoms with van der Waals surface area (Å²) in [7, 11) is 3.06. The number of carbonyl (C=O) groups excluding carboxylic acids is 1. The van der Waals surface area contributed by atoms with E-state index in [4.69, 9.17) is 18.9 Å². The van der Waals surface area contributed by atoms with Crippen LogP contribution in [0.3, 0.4) is 0 Å². The molecule has 0 aliphatic carbocycles. The van der Waals surface area contributed by atoms with E-state index in [0.29, 0.717) is 28.7 Å². The van der Waals surface area contributed by atoms with Gasteiger partial charge >= 0.3 is 0 Å². The lowest BCUT2D eigenvalue weighted by Gasteiger charge is -2.16. The third-order valence-corrected chi connectivity index (χ3v) is 3.25. The second-order valence-corrected chi connectivity index (χ2v) is 5.49. The van der Waals surface area contributed by atoms with E-state index in [1.54, 1.807) is 31.4 Å². The molecule has 1 amide bonds. The van der Waals surface area contributed by atoms with Crippen LogP contribution in [0, 0.1) is 0 Å². The Morgan fingerprint density at radius 3 is 2.32 bits per heavy atom. The summed E-state index contributed by atoms with van der Waals surface area (Å²) in [6.07, 6.45) is 0.00958. The molecule has 6 heteroatoms. The first-order valence-corrected chi connectivity index (χ1v) is 7.94. The van der Waals surface area contributed by atoms with Gasteiger partial charge in [-0.15, -0.1) is 0 Å². The number of nitrogens with one attached hydrogen (secondary N) is 1. The Morgan fingerprint density at radius 1 is 0.960 bits per heavy atom. The highest BCUT2D eigenvalue weighted by Crippen LogP contribution is 2.36. The predicted octanol–water partition coefficient (Wildman–Crippen LogP) is 3.51. The highest BCUT2D eigenvalue weighted by Gasteiger charge is 2.13. The number of methoxy groups -OCH3 is 2. The SMILES string of the molecule is COc1cccc(OCC(=O)Nc2ccccc2OC(C)C)c1OC. The quantitative estimate of drug-likeness (QED) is 0.793. The van der Waals surface area contributed by atoms with E-state index in [0.717, 1.165) is 0 Å². The Bertz CT molecular complexity index is 715. The monoisotopic (exact) mass is 345 g/mol. The fourth-order valence-corrected chi connectivity index (χ4v) is 2.23. The summed E-state index contributed by atoms with van der Waals surface area (Å²) in [5.41, 5.74) is 0.599. The molecule has 6 nitrogen and oxygen atoms in total. The molecule has 0 aliphatic heterocycles. The maximum Gasteiger partial charge on any atom is 0.262 e. The van der Waals surface area contributed by atoms with Gasteiger partial charge in [0.25, 0.3) is 5.91 Å². The summed E-state index contributed by atoms with van der Waals surface area (Å²) in [5.74, 6) is 1.73. The van der Waals surface area contributed by atoms with Gasteiger partial charge in [-0.05, 0) is 38.1 Å². The lowest BCUT2D eigenvalue weighted by atomic mass is 10.3. The molecule has 0 spiro atoms. The average Bonchev–Trinajstić information content (AvgIpc) is 2.60. The number of anilines is 1. The summed E-state index contributed by atoms with van der Waals surface area (Å²) in [6.45, 7) is 3.69. The Labute approximate surface area is 147 Å². The van der Waals surface area contributed by atoms with Crippen LogP contribution in [0.5, 0.6) is 23.0 Å². The number of para-hydroxylation sites is 3. The average molecular weight is 345 g/mol. The summed E-state index contributed by atoms with van der Waals surface area (Å²) >= 11 is 0. The van der Waals surface area contributed by atoms with E-state index in [1.807, 2.05) is 32.0 Å². The third kappa shape index (κ3) is 5.04. The zero-order valence-corrected chi connectivity index (χ0v) is 14.9. The van der Waals surface area contributed by atoms with Crippen molar-refractivity contribution in [1.82, 2.24) is 0 Å². The van der Waals surface area contributed by atoms with Crippen LogP contribution < -0.4 is 24.3 Å². The minimum absolute atomic E-state index is 0.00958. The van der Waals surface area contributed by atoms with Crippen molar-refractivity contribution >= 4 is 11.6 Å². The van der Waals surface area contributed by atoms with Gasteiger partial charge in [0.05, 0.1) is 26.0 Å². The van der Waals surface area contributed by atoms with Gasteiger partial charge in [-0.3, -0.25) is 4.79 Å². The fourth-order valence-electron chi connectivity index (χ4n) is 2.23. The molecule has 0 heterocycles. The molecule has 25 heavy (non-hydrogen) atoms. The molecule has 0 aliphatic rings. The number of ether oxygens (including phenoxy) is 4. The number of hydrogen-bond acceptors (Lipinski definition) is 5. The first-order chi connectivity index (χ1) is 12.0. The minimum atomic E-state index is -0.301. The second kappa shape index (κ2) is 8.82. The van der Waals surface area contributed by atoms with Gasteiger partial charge in [0.2, 0.25) is 5.75 Å². The van der Waals surface area contributed by atoms with E-state index in [1.165, 1.54) is 7.11 Å². The van der Waals surface area contributed by atoms with Crippen molar-refractivity contribution in [2.45, 2.75) is 20.0 Å². The van der Waals surface area contributed by atoms with Gasteiger partial charge in [0.1, 0.15) is 5.75 Å². The molecular formula is C19H23NO5. The van der Waals surface area contributed by atoms with Crippen LogP contribution in [0.2, 0.25) is 0 Å². The van der Waals surface area contributed by atoms with Crippen molar-refractivity contribution in [2.75, 3.05) is 26.1 Å². The molecular weight excluding hydrogens is 322 g/mol. The van der Waals surface area contributed by atoms with E-state index < -0.39 is 0 Å². The molecule has 0 fully saturated rings. The van der Waals surface area contributed by atoms with E-state index in [-0.39, 0.29) is 18.6 Å². The Morgan fingerprint density at radius 2 is 1.64 bits per heavy atom. The van der Waals surface area contributed by atoms with Crippen molar-refractivity contribution in [3.05, 3.63) is 42.5 Å². The largest absolute Gasteiger partial charge is 0.493 e.